The van der Waals surface area contributed by atoms with Gasteiger partial charge in [0.1, 0.15) is 0 Å². The summed E-state index contributed by atoms with van der Waals surface area (Å²) in [7, 11) is 0. The second-order valence-corrected chi connectivity index (χ2v) is 6.88. The van der Waals surface area contributed by atoms with Crippen LogP contribution in [0.3, 0.4) is 0 Å². The molecule has 1 aromatic carbocycles. The Labute approximate surface area is 151 Å². The molecule has 1 nitrogen and oxygen atoms in total. The molecule has 2 bridgehead atoms. The van der Waals surface area contributed by atoms with E-state index in [1.807, 2.05) is 0 Å². The van der Waals surface area contributed by atoms with Gasteiger partial charge in [0.15, 0.2) is 0 Å². The number of rotatable bonds is 4. The predicted octanol–water partition coefficient (Wildman–Crippen LogP) is 4.92. The highest BCUT2D eigenvalue weighted by atomic mass is 127. The molecule has 0 radical (unpaired) electrons. The van der Waals surface area contributed by atoms with Crippen molar-refractivity contribution in [3.63, 3.8) is 0 Å². The summed E-state index contributed by atoms with van der Waals surface area (Å²) in [4.78, 5) is 2.74. The van der Waals surface area contributed by atoms with Crippen LogP contribution in [0.2, 0.25) is 0 Å². The van der Waals surface area contributed by atoms with Crippen LogP contribution >= 0.6 is 24.0 Å². The van der Waals surface area contributed by atoms with E-state index in [9.17, 15) is 0 Å². The molecule has 3 unspecified atom stereocenters. The van der Waals surface area contributed by atoms with Crippen molar-refractivity contribution in [2.45, 2.75) is 38.6 Å². The molecular weight excluding hydrogens is 381 g/mol. The molecule has 0 spiro atoms. The number of benzene rings is 1. The second kappa shape index (κ2) is 6.88. The summed E-state index contributed by atoms with van der Waals surface area (Å²) in [6.07, 6.45) is 12.5. The van der Waals surface area contributed by atoms with E-state index in [-0.39, 0.29) is 24.0 Å². The number of hydrogen-bond acceptors (Lipinski definition) is 1. The van der Waals surface area contributed by atoms with Crippen LogP contribution in [0.4, 0.5) is 0 Å². The first-order valence-corrected chi connectivity index (χ1v) is 8.55. The van der Waals surface area contributed by atoms with Crippen molar-refractivity contribution in [1.82, 2.24) is 4.90 Å². The lowest BCUT2D eigenvalue weighted by molar-refractivity contribution is 0.0837. The Morgan fingerprint density at radius 3 is 2.86 bits per heavy atom. The van der Waals surface area contributed by atoms with Gasteiger partial charge in [0.05, 0.1) is 0 Å². The lowest BCUT2D eigenvalue weighted by Crippen LogP contribution is -2.50. The highest BCUT2D eigenvalue weighted by molar-refractivity contribution is 14.0. The van der Waals surface area contributed by atoms with E-state index in [0.29, 0.717) is 6.04 Å². The molecule has 0 saturated carbocycles. The van der Waals surface area contributed by atoms with Gasteiger partial charge in [0.25, 0.3) is 0 Å². The van der Waals surface area contributed by atoms with Gasteiger partial charge in [-0.15, -0.1) is 24.0 Å². The van der Waals surface area contributed by atoms with E-state index in [1.165, 1.54) is 43.5 Å². The summed E-state index contributed by atoms with van der Waals surface area (Å²) in [5, 5.41) is 0. The third-order valence-electron chi connectivity index (χ3n) is 5.68. The van der Waals surface area contributed by atoms with Crippen LogP contribution in [-0.4, -0.2) is 24.0 Å². The molecule has 0 N–H and O–H groups in total. The molecule has 2 heterocycles. The summed E-state index contributed by atoms with van der Waals surface area (Å²) in [6, 6.07) is 9.62. The summed E-state index contributed by atoms with van der Waals surface area (Å²) in [5.74, 6) is 1.70. The first kappa shape index (κ1) is 16.3. The molecule has 118 valence electrons. The Balaban J connectivity index is 0.00000144. The molecule has 22 heavy (non-hydrogen) atoms. The number of hydrogen-bond donors (Lipinski definition) is 0. The topological polar surface area (TPSA) is 3.24 Å². The maximum absolute atomic E-state index is 2.74. The summed E-state index contributed by atoms with van der Waals surface area (Å²) in [6.45, 7) is 4.86. The van der Waals surface area contributed by atoms with E-state index in [1.54, 1.807) is 5.57 Å². The standard InChI is InChI=1S/C20H25N.HI/c1-2-16-13-15-7-10-20(16)21(14-15)12-11-18-9-8-17-5-3-4-6-19(17)18;/h3-7,9-10,15-16,20H,2,8,11-14H2,1H3;1H. The second-order valence-electron chi connectivity index (χ2n) is 6.88. The molecule has 2 heteroatoms. The largest absolute Gasteiger partial charge is 0.296 e. The van der Waals surface area contributed by atoms with E-state index in [4.69, 9.17) is 0 Å². The fraction of sp³-hybridized carbons (Fsp3) is 0.500. The van der Waals surface area contributed by atoms with Crippen molar-refractivity contribution in [2.75, 3.05) is 13.1 Å². The van der Waals surface area contributed by atoms with Gasteiger partial charge < -0.3 is 0 Å². The van der Waals surface area contributed by atoms with Gasteiger partial charge in [-0.25, -0.2) is 0 Å². The van der Waals surface area contributed by atoms with Gasteiger partial charge in [0, 0.05) is 19.1 Å². The average Bonchev–Trinajstić information content (AvgIpc) is 2.96. The summed E-state index contributed by atoms with van der Waals surface area (Å²) >= 11 is 0. The first-order valence-electron chi connectivity index (χ1n) is 8.55. The molecule has 0 amide bonds. The van der Waals surface area contributed by atoms with Crippen LogP contribution in [-0.2, 0) is 6.42 Å². The van der Waals surface area contributed by atoms with Gasteiger partial charge in [0.2, 0.25) is 0 Å². The fourth-order valence-electron chi connectivity index (χ4n) is 4.52. The number of halogens is 1. The van der Waals surface area contributed by atoms with Gasteiger partial charge >= 0.3 is 0 Å². The van der Waals surface area contributed by atoms with Crippen LogP contribution < -0.4 is 0 Å². The minimum absolute atomic E-state index is 0. The summed E-state index contributed by atoms with van der Waals surface area (Å²) < 4.78 is 0. The summed E-state index contributed by atoms with van der Waals surface area (Å²) in [5.41, 5.74) is 4.59. The van der Waals surface area contributed by atoms with E-state index in [2.05, 4.69) is 54.3 Å². The van der Waals surface area contributed by atoms with E-state index < -0.39 is 0 Å². The zero-order valence-electron chi connectivity index (χ0n) is 13.4. The van der Waals surface area contributed by atoms with Gasteiger partial charge in [-0.05, 0) is 47.8 Å². The molecule has 2 aliphatic heterocycles. The zero-order chi connectivity index (χ0) is 14.2. The molecule has 1 saturated heterocycles. The Kier molecular flexibility index (Phi) is 5.08. The van der Waals surface area contributed by atoms with Crippen molar-refractivity contribution in [3.8, 4) is 0 Å². The molecule has 1 aromatic rings. The van der Waals surface area contributed by atoms with Crippen LogP contribution in [0.25, 0.3) is 5.57 Å². The molecule has 4 aliphatic rings. The average molecular weight is 407 g/mol. The van der Waals surface area contributed by atoms with Crippen molar-refractivity contribution in [2.24, 2.45) is 11.8 Å². The number of allylic oxidation sites excluding steroid dienone is 1. The maximum Gasteiger partial charge on any atom is 0.0307 e. The van der Waals surface area contributed by atoms with Gasteiger partial charge in [-0.2, -0.15) is 0 Å². The Hall–Kier alpha value is -0.610. The predicted molar refractivity (Wildman–Crippen MR) is 105 cm³/mol. The smallest absolute Gasteiger partial charge is 0.0307 e. The molecule has 2 aliphatic carbocycles. The number of piperidine rings is 1. The SMILES string of the molecule is CCC1CC2C=CC1N(CCC1=CCc3ccccc31)C2.I. The van der Waals surface area contributed by atoms with Crippen molar-refractivity contribution in [3.05, 3.63) is 53.6 Å². The van der Waals surface area contributed by atoms with Crippen LogP contribution in [0.5, 0.6) is 0 Å². The van der Waals surface area contributed by atoms with Crippen molar-refractivity contribution < 1.29 is 0 Å². The molecule has 5 rings (SSSR count). The van der Waals surface area contributed by atoms with Crippen LogP contribution in [0, 0.1) is 11.8 Å². The van der Waals surface area contributed by atoms with Gasteiger partial charge in [-0.1, -0.05) is 55.8 Å². The lowest BCUT2D eigenvalue weighted by Gasteiger charge is -2.46. The Morgan fingerprint density at radius 2 is 2.05 bits per heavy atom. The van der Waals surface area contributed by atoms with Crippen molar-refractivity contribution in [1.29, 1.82) is 0 Å². The lowest BCUT2D eigenvalue weighted by atomic mass is 9.76. The molecular formula is C20H26IN. The third kappa shape index (κ3) is 2.92. The third-order valence-corrected chi connectivity index (χ3v) is 5.68. The zero-order valence-corrected chi connectivity index (χ0v) is 15.7. The molecule has 0 aromatic heterocycles. The van der Waals surface area contributed by atoms with Crippen molar-refractivity contribution >= 4 is 29.5 Å². The first-order chi connectivity index (χ1) is 10.3. The monoisotopic (exact) mass is 407 g/mol. The minimum atomic E-state index is 0. The highest BCUT2D eigenvalue weighted by Crippen LogP contribution is 2.37. The number of nitrogens with zero attached hydrogens (tertiary/aromatic N) is 1. The van der Waals surface area contributed by atoms with E-state index >= 15 is 0 Å². The molecule has 1 fully saturated rings. The fourth-order valence-corrected chi connectivity index (χ4v) is 4.52. The normalized spacial score (nSPS) is 29.1. The van der Waals surface area contributed by atoms with Gasteiger partial charge in [-0.3, -0.25) is 4.90 Å². The van der Waals surface area contributed by atoms with Crippen LogP contribution in [0.1, 0.15) is 37.3 Å². The highest BCUT2D eigenvalue weighted by Gasteiger charge is 2.36. The quantitative estimate of drug-likeness (QED) is 0.506. The van der Waals surface area contributed by atoms with E-state index in [0.717, 1.165) is 18.3 Å². The Morgan fingerprint density at radius 1 is 1.18 bits per heavy atom. The maximum atomic E-state index is 2.74. The van der Waals surface area contributed by atoms with Crippen LogP contribution in [0.15, 0.2) is 42.5 Å². The number of fused-ring (bicyclic) bond motifs is 3. The Bertz CT molecular complexity index is 589. The molecule has 3 atom stereocenters. The minimum Gasteiger partial charge on any atom is -0.296 e.